The van der Waals surface area contributed by atoms with Crippen molar-refractivity contribution in [2.24, 2.45) is 4.99 Å². The van der Waals surface area contributed by atoms with E-state index in [2.05, 4.69) is 53.7 Å². The van der Waals surface area contributed by atoms with Crippen molar-refractivity contribution in [3.05, 3.63) is 60.2 Å². The Morgan fingerprint density at radius 1 is 1.10 bits per heavy atom. The van der Waals surface area contributed by atoms with Crippen LogP contribution < -0.4 is 20.3 Å². The summed E-state index contributed by atoms with van der Waals surface area (Å²) in [5.41, 5.74) is 2.12. The molecule has 1 heterocycles. The Morgan fingerprint density at radius 2 is 1.80 bits per heavy atom. The second kappa shape index (κ2) is 11.2. The van der Waals surface area contributed by atoms with Crippen molar-refractivity contribution in [2.45, 2.75) is 25.7 Å². The number of guanidine groups is 1. The van der Waals surface area contributed by atoms with Crippen LogP contribution in [0.25, 0.3) is 0 Å². The first-order valence-electron chi connectivity index (χ1n) is 10.0. The molecule has 0 aromatic heterocycles. The molecule has 2 N–H and O–H groups in total. The minimum absolute atomic E-state index is 0. The average molecular weight is 522 g/mol. The summed E-state index contributed by atoms with van der Waals surface area (Å²) in [5, 5.41) is 6.75. The monoisotopic (exact) mass is 522 g/mol. The summed E-state index contributed by atoms with van der Waals surface area (Å²) < 4.78 is 5.49. The molecule has 0 saturated carbocycles. The van der Waals surface area contributed by atoms with Crippen LogP contribution in [0.5, 0.6) is 5.75 Å². The lowest BCUT2D eigenvalue weighted by Gasteiger charge is -2.29. The summed E-state index contributed by atoms with van der Waals surface area (Å²) in [5.74, 6) is 1.53. The van der Waals surface area contributed by atoms with E-state index in [9.17, 15) is 4.79 Å². The molecule has 0 radical (unpaired) electrons. The number of fused-ring (bicyclic) bond motifs is 1. The van der Waals surface area contributed by atoms with E-state index in [1.807, 2.05) is 30.3 Å². The van der Waals surface area contributed by atoms with Crippen LogP contribution in [0.15, 0.2) is 59.6 Å². The molecular weight excluding hydrogens is 491 g/mol. The smallest absolute Gasteiger partial charge is 0.265 e. The maximum absolute atomic E-state index is 12.2. The minimum Gasteiger partial charge on any atom is -0.482 e. The second-order valence-corrected chi connectivity index (χ2v) is 7.76. The molecule has 0 saturated heterocycles. The zero-order chi connectivity index (χ0) is 20.7. The number of hydrogen-bond acceptors (Lipinski definition) is 3. The Bertz CT molecular complexity index is 855. The number of carbonyl (C=O) groups is 1. The molecule has 0 spiro atoms. The Morgan fingerprint density at radius 3 is 2.53 bits per heavy atom. The van der Waals surface area contributed by atoms with E-state index in [-0.39, 0.29) is 41.9 Å². The van der Waals surface area contributed by atoms with Crippen molar-refractivity contribution in [3.63, 3.8) is 0 Å². The van der Waals surface area contributed by atoms with Gasteiger partial charge in [-0.1, -0.05) is 56.3 Å². The van der Waals surface area contributed by atoms with Crippen molar-refractivity contribution in [3.8, 4) is 5.75 Å². The fourth-order valence-corrected chi connectivity index (χ4v) is 3.36. The van der Waals surface area contributed by atoms with Crippen LogP contribution in [-0.2, 0) is 10.2 Å². The van der Waals surface area contributed by atoms with Crippen molar-refractivity contribution < 1.29 is 9.53 Å². The molecule has 162 valence electrons. The first-order valence-corrected chi connectivity index (χ1v) is 10.0. The van der Waals surface area contributed by atoms with Gasteiger partial charge in [0.15, 0.2) is 12.6 Å². The van der Waals surface area contributed by atoms with E-state index in [4.69, 9.17) is 4.74 Å². The molecule has 1 aliphatic rings. The number of aliphatic imine (C=N–C) groups is 1. The summed E-state index contributed by atoms with van der Waals surface area (Å²) in [6, 6.07) is 18.1. The average Bonchev–Trinajstić information content (AvgIpc) is 2.75. The van der Waals surface area contributed by atoms with E-state index >= 15 is 0 Å². The van der Waals surface area contributed by atoms with Crippen molar-refractivity contribution >= 4 is 41.5 Å². The van der Waals surface area contributed by atoms with Gasteiger partial charge in [0.1, 0.15) is 5.75 Å². The predicted molar refractivity (Wildman–Crippen MR) is 133 cm³/mol. The number of hydrogen-bond donors (Lipinski definition) is 2. The molecular formula is C23H31IN4O2. The van der Waals surface area contributed by atoms with Gasteiger partial charge in [0.25, 0.3) is 5.91 Å². The Kier molecular flexibility index (Phi) is 8.95. The Hall–Kier alpha value is -2.29. The number of nitrogens with one attached hydrogen (secondary N) is 2. The highest BCUT2D eigenvalue weighted by atomic mass is 127. The van der Waals surface area contributed by atoms with E-state index in [1.165, 1.54) is 5.56 Å². The molecule has 0 fully saturated rings. The normalized spacial score (nSPS) is 13.8. The number of para-hydroxylation sites is 2. The molecule has 0 bridgehead atoms. The van der Waals surface area contributed by atoms with Gasteiger partial charge in [-0.3, -0.25) is 9.79 Å². The summed E-state index contributed by atoms with van der Waals surface area (Å²) in [6.07, 6.45) is 0.808. The number of benzene rings is 2. The standard InChI is InChI=1S/C23H30N4O2.HI/c1-23(2,18-10-5-4-6-11-18)17-26-22(24-3)25-14-9-15-27-19-12-7-8-13-20(19)29-16-21(27)28;/h4-8,10-13H,9,14-17H2,1-3H3,(H2,24,25,26);1H. The van der Waals surface area contributed by atoms with Crippen LogP contribution >= 0.6 is 24.0 Å². The maximum Gasteiger partial charge on any atom is 0.265 e. The lowest BCUT2D eigenvalue weighted by atomic mass is 9.85. The quantitative estimate of drug-likeness (QED) is 0.253. The van der Waals surface area contributed by atoms with Gasteiger partial charge in [0, 0.05) is 32.1 Å². The highest BCUT2D eigenvalue weighted by Gasteiger charge is 2.24. The molecule has 0 atom stereocenters. The van der Waals surface area contributed by atoms with Gasteiger partial charge in [-0.05, 0) is 24.1 Å². The molecule has 30 heavy (non-hydrogen) atoms. The number of halogens is 1. The fourth-order valence-electron chi connectivity index (χ4n) is 3.36. The van der Waals surface area contributed by atoms with Crippen LogP contribution in [0.2, 0.25) is 0 Å². The van der Waals surface area contributed by atoms with Crippen LogP contribution in [-0.4, -0.2) is 45.2 Å². The Balaban J connectivity index is 0.00000320. The summed E-state index contributed by atoms with van der Waals surface area (Å²) in [6.45, 7) is 6.65. The highest BCUT2D eigenvalue weighted by molar-refractivity contribution is 14.0. The van der Waals surface area contributed by atoms with E-state index in [0.29, 0.717) is 6.54 Å². The molecule has 6 nitrogen and oxygen atoms in total. The van der Waals surface area contributed by atoms with Gasteiger partial charge in [-0.15, -0.1) is 24.0 Å². The largest absolute Gasteiger partial charge is 0.482 e. The SMILES string of the molecule is CN=C(NCCCN1C(=O)COc2ccccc21)NCC(C)(C)c1ccccc1.I. The molecule has 3 rings (SSSR count). The second-order valence-electron chi connectivity index (χ2n) is 7.76. The number of rotatable bonds is 7. The van der Waals surface area contributed by atoms with E-state index < -0.39 is 0 Å². The molecule has 1 aliphatic heterocycles. The van der Waals surface area contributed by atoms with Gasteiger partial charge < -0.3 is 20.3 Å². The van der Waals surface area contributed by atoms with Crippen LogP contribution in [0.1, 0.15) is 25.8 Å². The van der Waals surface area contributed by atoms with E-state index in [0.717, 1.165) is 36.9 Å². The summed E-state index contributed by atoms with van der Waals surface area (Å²) in [7, 11) is 1.77. The van der Waals surface area contributed by atoms with Gasteiger partial charge in [-0.2, -0.15) is 0 Å². The lowest BCUT2D eigenvalue weighted by molar-refractivity contribution is -0.121. The lowest BCUT2D eigenvalue weighted by Crippen LogP contribution is -2.44. The van der Waals surface area contributed by atoms with Gasteiger partial charge in [-0.25, -0.2) is 0 Å². The molecule has 1 amide bonds. The first kappa shape index (κ1) is 24.0. The zero-order valence-corrected chi connectivity index (χ0v) is 20.2. The van der Waals surface area contributed by atoms with Crippen LogP contribution in [0, 0.1) is 0 Å². The van der Waals surface area contributed by atoms with Gasteiger partial charge in [0.2, 0.25) is 0 Å². The highest BCUT2D eigenvalue weighted by Crippen LogP contribution is 2.31. The maximum atomic E-state index is 12.2. The van der Waals surface area contributed by atoms with Gasteiger partial charge >= 0.3 is 0 Å². The zero-order valence-electron chi connectivity index (χ0n) is 17.9. The molecule has 0 unspecified atom stereocenters. The number of carbonyl (C=O) groups excluding carboxylic acids is 1. The minimum atomic E-state index is -0.0111. The molecule has 2 aromatic rings. The Labute approximate surface area is 196 Å². The molecule has 0 aliphatic carbocycles. The van der Waals surface area contributed by atoms with Crippen LogP contribution in [0.4, 0.5) is 5.69 Å². The number of ether oxygens (including phenoxy) is 1. The number of anilines is 1. The van der Waals surface area contributed by atoms with Crippen molar-refractivity contribution in [1.29, 1.82) is 0 Å². The third-order valence-electron chi connectivity index (χ3n) is 5.14. The number of amides is 1. The fraction of sp³-hybridized carbons (Fsp3) is 0.391. The van der Waals surface area contributed by atoms with Crippen molar-refractivity contribution in [2.75, 3.05) is 38.2 Å². The first-order chi connectivity index (χ1) is 14.0. The molecule has 2 aromatic carbocycles. The van der Waals surface area contributed by atoms with Gasteiger partial charge in [0.05, 0.1) is 5.69 Å². The summed E-state index contributed by atoms with van der Waals surface area (Å²) >= 11 is 0. The third-order valence-corrected chi connectivity index (χ3v) is 5.14. The van der Waals surface area contributed by atoms with Crippen LogP contribution in [0.3, 0.4) is 0 Å². The topological polar surface area (TPSA) is 66.0 Å². The predicted octanol–water partition coefficient (Wildman–Crippen LogP) is 3.56. The summed E-state index contributed by atoms with van der Waals surface area (Å²) in [4.78, 5) is 18.3. The van der Waals surface area contributed by atoms with Crippen molar-refractivity contribution in [1.82, 2.24) is 10.6 Å². The molecule has 7 heteroatoms. The third kappa shape index (κ3) is 6.10. The van der Waals surface area contributed by atoms with E-state index in [1.54, 1.807) is 11.9 Å². The number of nitrogens with zero attached hydrogens (tertiary/aromatic N) is 2.